The highest BCUT2D eigenvalue weighted by Crippen LogP contribution is 2.37. The van der Waals surface area contributed by atoms with Gasteiger partial charge < -0.3 is 15.3 Å². The lowest BCUT2D eigenvalue weighted by Crippen LogP contribution is -2.42. The Kier molecular flexibility index (Phi) is 4.68. The number of carboxylic acids is 1. The molecule has 0 aromatic rings. The van der Waals surface area contributed by atoms with Gasteiger partial charge >= 0.3 is 5.97 Å². The molecule has 0 radical (unpaired) electrons. The minimum atomic E-state index is -0.920. The highest BCUT2D eigenvalue weighted by atomic mass is 32.2. The predicted octanol–water partition coefficient (Wildman–Crippen LogP) is -0.0687. The lowest BCUT2D eigenvalue weighted by molar-refractivity contribution is -0.135. The number of hydrogen-bond donors (Lipinski definition) is 2. The Morgan fingerprint density at radius 2 is 2.16 bits per heavy atom. The molecule has 106 valence electrons. The Balaban J connectivity index is 1.60. The summed E-state index contributed by atoms with van der Waals surface area (Å²) in [5.41, 5.74) is 0. The Morgan fingerprint density at radius 1 is 1.37 bits per heavy atom. The number of thioether (sulfide) groups is 1. The van der Waals surface area contributed by atoms with E-state index in [1.807, 2.05) is 4.90 Å². The van der Waals surface area contributed by atoms with E-state index in [0.29, 0.717) is 19.1 Å². The molecule has 2 atom stereocenters. The van der Waals surface area contributed by atoms with Crippen LogP contribution in [0, 0.1) is 5.92 Å². The number of aliphatic carboxylic acids is 1. The highest BCUT2D eigenvalue weighted by Gasteiger charge is 2.43. The molecule has 1 aliphatic carbocycles. The monoisotopic (exact) mass is 286 g/mol. The smallest absolute Gasteiger partial charge is 0.313 e. The standard InChI is InChI=1S/C12H18N2O4S/c15-10(6-19-7-11(16)17)13-3-4-14-9-2-1-8(5-9)12(14)18/h8-9H,1-7H2,(H,13,15)(H,16,17)/t8-,9+/m0/s1. The summed E-state index contributed by atoms with van der Waals surface area (Å²) < 4.78 is 0. The third-order valence-corrected chi connectivity index (χ3v) is 4.53. The summed E-state index contributed by atoms with van der Waals surface area (Å²) >= 11 is 1.07. The van der Waals surface area contributed by atoms with Gasteiger partial charge in [0.2, 0.25) is 11.8 Å². The topological polar surface area (TPSA) is 86.7 Å². The van der Waals surface area contributed by atoms with Gasteiger partial charge in [-0.2, -0.15) is 0 Å². The molecule has 0 aromatic heterocycles. The van der Waals surface area contributed by atoms with Gasteiger partial charge in [0.05, 0.1) is 11.5 Å². The predicted molar refractivity (Wildman–Crippen MR) is 70.8 cm³/mol. The third kappa shape index (κ3) is 3.62. The maximum absolute atomic E-state index is 11.8. The molecule has 2 rings (SSSR count). The second-order valence-corrected chi connectivity index (χ2v) is 5.92. The van der Waals surface area contributed by atoms with Crippen LogP contribution < -0.4 is 5.32 Å². The van der Waals surface area contributed by atoms with E-state index < -0.39 is 5.97 Å². The number of hydrogen-bond acceptors (Lipinski definition) is 4. The highest BCUT2D eigenvalue weighted by molar-refractivity contribution is 8.00. The molecule has 1 heterocycles. The molecule has 7 heteroatoms. The number of carbonyl (C=O) groups is 3. The number of carboxylic acid groups (broad SMARTS) is 1. The van der Waals surface area contributed by atoms with Crippen molar-refractivity contribution >= 4 is 29.5 Å². The van der Waals surface area contributed by atoms with Crippen molar-refractivity contribution in [2.24, 2.45) is 5.92 Å². The van der Waals surface area contributed by atoms with Gasteiger partial charge in [0, 0.05) is 25.0 Å². The summed E-state index contributed by atoms with van der Waals surface area (Å²) in [5, 5.41) is 11.2. The minimum Gasteiger partial charge on any atom is -0.481 e. The van der Waals surface area contributed by atoms with Crippen LogP contribution in [0.15, 0.2) is 0 Å². The number of likely N-dealkylation sites (tertiary alicyclic amines) is 1. The maximum Gasteiger partial charge on any atom is 0.313 e. The van der Waals surface area contributed by atoms with Crippen molar-refractivity contribution < 1.29 is 19.5 Å². The van der Waals surface area contributed by atoms with Gasteiger partial charge in [-0.15, -0.1) is 11.8 Å². The number of piperidine rings is 1. The van der Waals surface area contributed by atoms with Crippen LogP contribution in [0.3, 0.4) is 0 Å². The number of carbonyl (C=O) groups excluding carboxylic acids is 2. The van der Waals surface area contributed by atoms with Crippen molar-refractivity contribution in [1.29, 1.82) is 0 Å². The van der Waals surface area contributed by atoms with Gasteiger partial charge in [0.1, 0.15) is 0 Å². The molecule has 1 saturated heterocycles. The van der Waals surface area contributed by atoms with Crippen LogP contribution in [0.25, 0.3) is 0 Å². The zero-order chi connectivity index (χ0) is 13.8. The molecule has 0 unspecified atom stereocenters. The molecule has 6 nitrogen and oxygen atoms in total. The molecule has 2 aliphatic rings. The second-order valence-electron chi connectivity index (χ2n) is 4.93. The van der Waals surface area contributed by atoms with E-state index in [4.69, 9.17) is 5.11 Å². The van der Waals surface area contributed by atoms with Crippen LogP contribution in [0.5, 0.6) is 0 Å². The summed E-state index contributed by atoms with van der Waals surface area (Å²) in [4.78, 5) is 35.4. The van der Waals surface area contributed by atoms with E-state index >= 15 is 0 Å². The van der Waals surface area contributed by atoms with Gasteiger partial charge in [0.15, 0.2) is 0 Å². The van der Waals surface area contributed by atoms with E-state index in [1.165, 1.54) is 0 Å². The van der Waals surface area contributed by atoms with Gasteiger partial charge in [-0.05, 0) is 19.3 Å². The van der Waals surface area contributed by atoms with E-state index in [1.54, 1.807) is 0 Å². The van der Waals surface area contributed by atoms with Crippen LogP contribution in [-0.4, -0.2) is 58.4 Å². The molecule has 1 saturated carbocycles. The van der Waals surface area contributed by atoms with Crippen LogP contribution >= 0.6 is 11.8 Å². The van der Waals surface area contributed by atoms with Crippen LogP contribution in [-0.2, 0) is 14.4 Å². The van der Waals surface area contributed by atoms with Crippen molar-refractivity contribution in [2.45, 2.75) is 25.3 Å². The molecular weight excluding hydrogens is 268 g/mol. The zero-order valence-corrected chi connectivity index (χ0v) is 11.4. The van der Waals surface area contributed by atoms with E-state index in [9.17, 15) is 14.4 Å². The van der Waals surface area contributed by atoms with Crippen molar-refractivity contribution in [3.63, 3.8) is 0 Å². The quantitative estimate of drug-likeness (QED) is 0.684. The van der Waals surface area contributed by atoms with Crippen LogP contribution in [0.4, 0.5) is 0 Å². The second kappa shape index (κ2) is 6.27. The molecule has 0 aromatic carbocycles. The number of nitrogens with zero attached hydrogens (tertiary/aromatic N) is 1. The Morgan fingerprint density at radius 3 is 2.79 bits per heavy atom. The van der Waals surface area contributed by atoms with E-state index in [-0.39, 0.29) is 29.2 Å². The first-order chi connectivity index (χ1) is 9.08. The summed E-state index contributed by atoms with van der Waals surface area (Å²) in [6, 6.07) is 0.371. The first kappa shape index (κ1) is 14.2. The first-order valence-electron chi connectivity index (χ1n) is 6.44. The minimum absolute atomic E-state index is 0.0677. The zero-order valence-electron chi connectivity index (χ0n) is 10.6. The molecule has 2 amide bonds. The van der Waals surface area contributed by atoms with Gasteiger partial charge in [0.25, 0.3) is 0 Å². The fourth-order valence-corrected chi connectivity index (χ4v) is 3.33. The Hall–Kier alpha value is -1.24. The Bertz CT molecular complexity index is 388. The average molecular weight is 286 g/mol. The molecule has 2 N–H and O–H groups in total. The molecule has 19 heavy (non-hydrogen) atoms. The molecule has 2 bridgehead atoms. The summed E-state index contributed by atoms with van der Waals surface area (Å²) in [5.74, 6) is -0.578. The summed E-state index contributed by atoms with van der Waals surface area (Å²) in [6.45, 7) is 1.01. The largest absolute Gasteiger partial charge is 0.481 e. The molecule has 2 fully saturated rings. The van der Waals surface area contributed by atoms with Crippen LogP contribution in [0.1, 0.15) is 19.3 Å². The van der Waals surface area contributed by atoms with Gasteiger partial charge in [-0.1, -0.05) is 0 Å². The van der Waals surface area contributed by atoms with Crippen LogP contribution in [0.2, 0.25) is 0 Å². The third-order valence-electron chi connectivity index (χ3n) is 3.61. The normalized spacial score (nSPS) is 24.8. The Labute approximate surface area is 115 Å². The summed E-state index contributed by atoms with van der Waals surface area (Å²) in [6.07, 6.45) is 3.07. The fraction of sp³-hybridized carbons (Fsp3) is 0.750. The number of fused-ring (bicyclic) bond motifs is 2. The molecule has 0 spiro atoms. The number of amides is 2. The molecule has 1 aliphatic heterocycles. The average Bonchev–Trinajstić information content (AvgIpc) is 2.92. The van der Waals surface area contributed by atoms with Crippen molar-refractivity contribution in [3.8, 4) is 0 Å². The number of rotatable bonds is 7. The SMILES string of the molecule is O=C(O)CSCC(=O)NCCN1C(=O)[C@H]2CC[C@@H]1C2. The van der Waals surface area contributed by atoms with Gasteiger partial charge in [-0.3, -0.25) is 14.4 Å². The van der Waals surface area contributed by atoms with E-state index in [0.717, 1.165) is 31.0 Å². The fourth-order valence-electron chi connectivity index (χ4n) is 2.77. The summed E-state index contributed by atoms with van der Waals surface area (Å²) in [7, 11) is 0. The molecular formula is C12H18N2O4S. The van der Waals surface area contributed by atoms with Crippen molar-refractivity contribution in [1.82, 2.24) is 10.2 Å². The first-order valence-corrected chi connectivity index (χ1v) is 7.60. The van der Waals surface area contributed by atoms with Crippen molar-refractivity contribution in [2.75, 3.05) is 24.6 Å². The maximum atomic E-state index is 11.8. The lowest BCUT2D eigenvalue weighted by Gasteiger charge is -2.27. The van der Waals surface area contributed by atoms with Gasteiger partial charge in [-0.25, -0.2) is 0 Å². The van der Waals surface area contributed by atoms with E-state index in [2.05, 4.69) is 5.32 Å². The lowest BCUT2D eigenvalue weighted by atomic mass is 10.1. The van der Waals surface area contributed by atoms with Crippen molar-refractivity contribution in [3.05, 3.63) is 0 Å². The number of nitrogens with one attached hydrogen (secondary N) is 1.